The molecule has 0 atom stereocenters. The smallest absolute Gasteiger partial charge is 0.328 e. The second-order valence-corrected chi connectivity index (χ2v) is 4.53. The number of hydrogen-bond acceptors (Lipinski definition) is 2. The molecule has 0 heterocycles. The lowest BCUT2D eigenvalue weighted by atomic mass is 9.82. The van der Waals surface area contributed by atoms with Gasteiger partial charge >= 0.3 is 6.03 Å². The highest BCUT2D eigenvalue weighted by Crippen LogP contribution is 2.25. The van der Waals surface area contributed by atoms with Gasteiger partial charge in [-0.05, 0) is 18.1 Å². The molecule has 4 nitrogen and oxygen atoms in total. The Morgan fingerprint density at radius 1 is 1.38 bits per heavy atom. The number of nitrogens with two attached hydrogens (primary N) is 1. The van der Waals surface area contributed by atoms with Gasteiger partial charge in [0.05, 0.1) is 0 Å². The monoisotopic (exact) mass is 221 g/mol. The number of amides is 2. The van der Waals surface area contributed by atoms with Crippen LogP contribution in [-0.4, -0.2) is 12.6 Å². The number of urea groups is 1. The van der Waals surface area contributed by atoms with E-state index in [2.05, 4.69) is 43.6 Å². The van der Waals surface area contributed by atoms with Gasteiger partial charge in [-0.1, -0.05) is 38.1 Å². The Balaban J connectivity index is 2.77. The van der Waals surface area contributed by atoms with Crippen molar-refractivity contribution in [3.05, 3.63) is 35.4 Å². The molecule has 0 bridgehead atoms. The fourth-order valence-electron chi connectivity index (χ4n) is 1.78. The van der Waals surface area contributed by atoms with Gasteiger partial charge < -0.3 is 5.32 Å². The predicted molar refractivity (Wildman–Crippen MR) is 64.9 cm³/mol. The normalized spacial score (nSPS) is 11.0. The first-order valence-corrected chi connectivity index (χ1v) is 5.28. The second kappa shape index (κ2) is 4.99. The summed E-state index contributed by atoms with van der Waals surface area (Å²) in [7, 11) is 0. The van der Waals surface area contributed by atoms with E-state index in [9.17, 15) is 4.79 Å². The zero-order valence-corrected chi connectivity index (χ0v) is 10.0. The molecule has 0 saturated heterocycles. The maximum absolute atomic E-state index is 11.0. The molecule has 16 heavy (non-hydrogen) atoms. The molecule has 1 aromatic carbocycles. The van der Waals surface area contributed by atoms with E-state index in [1.54, 1.807) is 0 Å². The number of carbonyl (C=O) groups is 1. The van der Waals surface area contributed by atoms with E-state index in [0.717, 1.165) is 0 Å². The van der Waals surface area contributed by atoms with E-state index < -0.39 is 0 Å². The summed E-state index contributed by atoms with van der Waals surface area (Å²) in [5.41, 5.74) is 4.39. The van der Waals surface area contributed by atoms with Gasteiger partial charge in [0.1, 0.15) is 0 Å². The fourth-order valence-corrected chi connectivity index (χ4v) is 1.78. The number of carbonyl (C=O) groups excluding carboxylic acids is 1. The summed E-state index contributed by atoms with van der Waals surface area (Å²) in [6, 6.07) is 7.81. The van der Waals surface area contributed by atoms with Crippen LogP contribution in [0.2, 0.25) is 0 Å². The molecule has 0 radical (unpaired) electrons. The third-order valence-electron chi connectivity index (χ3n) is 2.70. The van der Waals surface area contributed by atoms with Crippen molar-refractivity contribution in [2.75, 3.05) is 6.54 Å². The van der Waals surface area contributed by atoms with E-state index >= 15 is 0 Å². The van der Waals surface area contributed by atoms with Gasteiger partial charge in [-0.2, -0.15) is 0 Å². The lowest BCUT2D eigenvalue weighted by molar-refractivity contribution is 0.238. The van der Waals surface area contributed by atoms with Gasteiger partial charge in [0.2, 0.25) is 0 Å². The minimum absolute atomic E-state index is 0.113. The summed E-state index contributed by atoms with van der Waals surface area (Å²) in [5.74, 6) is 5.01. The van der Waals surface area contributed by atoms with E-state index in [0.29, 0.717) is 6.54 Å². The van der Waals surface area contributed by atoms with Crippen LogP contribution in [0.4, 0.5) is 4.79 Å². The van der Waals surface area contributed by atoms with Crippen LogP contribution in [0.15, 0.2) is 24.3 Å². The van der Waals surface area contributed by atoms with Crippen LogP contribution in [0.25, 0.3) is 0 Å². The molecule has 0 aliphatic rings. The topological polar surface area (TPSA) is 67.2 Å². The highest BCUT2D eigenvalue weighted by molar-refractivity contribution is 5.73. The summed E-state index contributed by atoms with van der Waals surface area (Å²) >= 11 is 0. The molecule has 0 fully saturated rings. The second-order valence-electron chi connectivity index (χ2n) is 4.53. The average Bonchev–Trinajstić information content (AvgIpc) is 2.26. The zero-order chi connectivity index (χ0) is 12.2. The van der Waals surface area contributed by atoms with E-state index in [4.69, 9.17) is 5.84 Å². The number of rotatable bonds is 3. The van der Waals surface area contributed by atoms with E-state index in [1.807, 2.05) is 12.1 Å². The summed E-state index contributed by atoms with van der Waals surface area (Å²) in [6.07, 6.45) is 0. The summed E-state index contributed by atoms with van der Waals surface area (Å²) in [6.45, 7) is 6.79. The number of benzene rings is 1. The number of nitrogens with one attached hydrogen (secondary N) is 2. The van der Waals surface area contributed by atoms with Crippen LogP contribution in [0, 0.1) is 6.92 Å². The Morgan fingerprint density at radius 3 is 2.56 bits per heavy atom. The SMILES string of the molecule is Cc1ccccc1C(C)(C)CNC(=O)NN. The first-order chi connectivity index (χ1) is 7.47. The Kier molecular flexibility index (Phi) is 3.90. The molecule has 0 spiro atoms. The molecular weight excluding hydrogens is 202 g/mol. The third kappa shape index (κ3) is 2.97. The zero-order valence-electron chi connectivity index (χ0n) is 10.0. The Labute approximate surface area is 96.2 Å². The van der Waals surface area contributed by atoms with Crippen LogP contribution in [-0.2, 0) is 5.41 Å². The van der Waals surface area contributed by atoms with Crippen LogP contribution >= 0.6 is 0 Å². The van der Waals surface area contributed by atoms with Crippen molar-refractivity contribution >= 4 is 6.03 Å². The molecule has 2 amide bonds. The molecule has 0 unspecified atom stereocenters. The lowest BCUT2D eigenvalue weighted by Gasteiger charge is -2.27. The standard InChI is InChI=1S/C12H19N3O/c1-9-6-4-5-7-10(9)12(2,3)8-14-11(16)15-13/h4-7H,8,13H2,1-3H3,(H2,14,15,16). The molecule has 1 rings (SSSR count). The van der Waals surface area contributed by atoms with Gasteiger partial charge in [0, 0.05) is 12.0 Å². The van der Waals surface area contributed by atoms with Crippen molar-refractivity contribution in [3.8, 4) is 0 Å². The van der Waals surface area contributed by atoms with Crippen molar-refractivity contribution < 1.29 is 4.79 Å². The highest BCUT2D eigenvalue weighted by atomic mass is 16.2. The largest absolute Gasteiger partial charge is 0.336 e. The minimum atomic E-state index is -0.360. The van der Waals surface area contributed by atoms with Crippen molar-refractivity contribution in [2.45, 2.75) is 26.2 Å². The molecule has 0 aliphatic carbocycles. The van der Waals surface area contributed by atoms with E-state index in [1.165, 1.54) is 11.1 Å². The van der Waals surface area contributed by atoms with Gasteiger partial charge in [0.25, 0.3) is 0 Å². The molecule has 4 N–H and O–H groups in total. The fraction of sp³-hybridized carbons (Fsp3) is 0.417. The first kappa shape index (κ1) is 12.5. The molecule has 0 aromatic heterocycles. The number of hydrazine groups is 1. The molecule has 1 aromatic rings. The summed E-state index contributed by atoms with van der Waals surface area (Å²) in [4.78, 5) is 11.0. The molecule has 88 valence electrons. The van der Waals surface area contributed by atoms with Crippen LogP contribution in [0.5, 0.6) is 0 Å². The van der Waals surface area contributed by atoms with Crippen LogP contribution in [0.1, 0.15) is 25.0 Å². The predicted octanol–water partition coefficient (Wildman–Crippen LogP) is 1.45. The maximum Gasteiger partial charge on any atom is 0.328 e. The Morgan fingerprint density at radius 2 is 2.00 bits per heavy atom. The van der Waals surface area contributed by atoms with Crippen molar-refractivity contribution in [2.24, 2.45) is 5.84 Å². The van der Waals surface area contributed by atoms with Gasteiger partial charge in [-0.25, -0.2) is 10.6 Å². The first-order valence-electron chi connectivity index (χ1n) is 5.28. The van der Waals surface area contributed by atoms with Gasteiger partial charge in [0.15, 0.2) is 0 Å². The molecule has 4 heteroatoms. The Bertz CT molecular complexity index is 374. The lowest BCUT2D eigenvalue weighted by Crippen LogP contribution is -2.45. The summed E-state index contributed by atoms with van der Waals surface area (Å²) < 4.78 is 0. The molecular formula is C12H19N3O. The molecule has 0 aliphatic heterocycles. The van der Waals surface area contributed by atoms with Crippen LogP contribution in [0.3, 0.4) is 0 Å². The third-order valence-corrected chi connectivity index (χ3v) is 2.70. The Hall–Kier alpha value is -1.55. The van der Waals surface area contributed by atoms with Crippen LogP contribution < -0.4 is 16.6 Å². The minimum Gasteiger partial charge on any atom is -0.336 e. The van der Waals surface area contributed by atoms with E-state index in [-0.39, 0.29) is 11.4 Å². The molecule has 0 saturated carbocycles. The van der Waals surface area contributed by atoms with Crippen molar-refractivity contribution in [3.63, 3.8) is 0 Å². The van der Waals surface area contributed by atoms with Gasteiger partial charge in [-0.15, -0.1) is 0 Å². The number of hydrogen-bond donors (Lipinski definition) is 3. The number of aryl methyl sites for hydroxylation is 1. The average molecular weight is 221 g/mol. The quantitative estimate of drug-likeness (QED) is 0.411. The maximum atomic E-state index is 11.0. The summed E-state index contributed by atoms with van der Waals surface area (Å²) in [5, 5.41) is 2.72. The van der Waals surface area contributed by atoms with Crippen molar-refractivity contribution in [1.82, 2.24) is 10.7 Å². The highest BCUT2D eigenvalue weighted by Gasteiger charge is 2.22. The van der Waals surface area contributed by atoms with Gasteiger partial charge in [-0.3, -0.25) is 5.43 Å². The van der Waals surface area contributed by atoms with Crippen molar-refractivity contribution in [1.29, 1.82) is 0 Å².